The molecule has 1 aliphatic carbocycles. The van der Waals surface area contributed by atoms with Crippen LogP contribution in [0.5, 0.6) is 5.75 Å². The Morgan fingerprint density at radius 2 is 1.62 bits per heavy atom. The summed E-state index contributed by atoms with van der Waals surface area (Å²) in [6.07, 6.45) is 1.87. The molecular formula is C26H16Cl2O4. The van der Waals surface area contributed by atoms with Gasteiger partial charge in [0.2, 0.25) is 5.43 Å². The van der Waals surface area contributed by atoms with Crippen molar-refractivity contribution in [2.75, 3.05) is 0 Å². The quantitative estimate of drug-likeness (QED) is 0.359. The maximum absolute atomic E-state index is 13.3. The number of Topliss-reactive ketones (excluding diaryl/α,β-unsaturated/α-hetero) is 1. The third-order valence-electron chi connectivity index (χ3n) is 5.70. The van der Waals surface area contributed by atoms with Crippen LogP contribution in [0.4, 0.5) is 0 Å². The summed E-state index contributed by atoms with van der Waals surface area (Å²) < 4.78 is 6.10. The van der Waals surface area contributed by atoms with Crippen molar-refractivity contribution >= 4 is 51.6 Å². The molecule has 0 amide bonds. The minimum absolute atomic E-state index is 0.00659. The molecule has 3 aromatic carbocycles. The second kappa shape index (κ2) is 7.97. The standard InChI is InChI=1S/C26H16Cl2O4/c27-18-8-3-1-6-14(18)12-17-16(15-7-2-4-9-19(15)28)13-21(30)24-25(31)23-20(29)10-5-11-22(23)32-26(17)24/h1-12,16,29H,13H2/b17-12+. The highest BCUT2D eigenvalue weighted by atomic mass is 35.5. The van der Waals surface area contributed by atoms with E-state index in [1.165, 1.54) is 6.07 Å². The molecule has 1 aliphatic rings. The van der Waals surface area contributed by atoms with Gasteiger partial charge in [0.25, 0.3) is 0 Å². The Bertz CT molecular complexity index is 1480. The van der Waals surface area contributed by atoms with Crippen LogP contribution in [0.1, 0.15) is 39.6 Å². The first kappa shape index (κ1) is 20.6. The Kier molecular flexibility index (Phi) is 5.12. The molecule has 4 nitrogen and oxygen atoms in total. The van der Waals surface area contributed by atoms with Gasteiger partial charge in [0, 0.05) is 28.0 Å². The van der Waals surface area contributed by atoms with E-state index < -0.39 is 11.3 Å². The summed E-state index contributed by atoms with van der Waals surface area (Å²) in [7, 11) is 0. The lowest BCUT2D eigenvalue weighted by molar-refractivity contribution is 0.0971. The number of rotatable bonds is 2. The zero-order valence-corrected chi connectivity index (χ0v) is 18.2. The first-order chi connectivity index (χ1) is 15.5. The molecule has 0 fully saturated rings. The van der Waals surface area contributed by atoms with Crippen molar-refractivity contribution in [3.05, 3.63) is 109 Å². The maximum atomic E-state index is 13.3. The summed E-state index contributed by atoms with van der Waals surface area (Å²) in [4.78, 5) is 26.4. The van der Waals surface area contributed by atoms with E-state index in [2.05, 4.69) is 0 Å². The molecule has 0 saturated heterocycles. The summed E-state index contributed by atoms with van der Waals surface area (Å²) in [5.41, 5.74) is 1.69. The minimum atomic E-state index is -0.549. The number of hydrogen-bond donors (Lipinski definition) is 1. The summed E-state index contributed by atoms with van der Waals surface area (Å²) in [6, 6.07) is 19.1. The van der Waals surface area contributed by atoms with Crippen molar-refractivity contribution in [3.8, 4) is 5.75 Å². The molecule has 158 valence electrons. The molecule has 0 bridgehead atoms. The topological polar surface area (TPSA) is 67.5 Å². The number of benzene rings is 3. The van der Waals surface area contributed by atoms with Crippen LogP contribution in [0.3, 0.4) is 0 Å². The molecule has 0 radical (unpaired) electrons. The summed E-state index contributed by atoms with van der Waals surface area (Å²) in [5.74, 6) is -0.844. The van der Waals surface area contributed by atoms with Gasteiger partial charge < -0.3 is 9.52 Å². The number of phenolic OH excluding ortho intramolecular Hbond substituents is 1. The lowest BCUT2D eigenvalue weighted by atomic mass is 9.77. The summed E-state index contributed by atoms with van der Waals surface area (Å²) in [5, 5.41) is 11.3. The van der Waals surface area contributed by atoms with Crippen LogP contribution < -0.4 is 5.43 Å². The number of hydrogen-bond acceptors (Lipinski definition) is 4. The molecule has 1 atom stereocenters. The molecule has 0 spiro atoms. The summed E-state index contributed by atoms with van der Waals surface area (Å²) in [6.45, 7) is 0. The average Bonchev–Trinajstić information content (AvgIpc) is 2.77. The van der Waals surface area contributed by atoms with Gasteiger partial charge in [-0.1, -0.05) is 65.7 Å². The molecule has 1 aromatic heterocycles. The van der Waals surface area contributed by atoms with Crippen LogP contribution in [-0.4, -0.2) is 10.9 Å². The van der Waals surface area contributed by atoms with Gasteiger partial charge in [-0.3, -0.25) is 9.59 Å². The van der Waals surface area contributed by atoms with E-state index in [0.29, 0.717) is 15.6 Å². The SMILES string of the molecule is O=C1CC(c2ccccc2Cl)/C(=C\c2ccccc2Cl)c2oc3cccc(O)c3c(=O)c21. The number of carbonyl (C=O) groups excluding carboxylic acids is 1. The van der Waals surface area contributed by atoms with Crippen molar-refractivity contribution in [2.45, 2.75) is 12.3 Å². The van der Waals surface area contributed by atoms with Gasteiger partial charge in [0.15, 0.2) is 5.78 Å². The predicted molar refractivity (Wildman–Crippen MR) is 127 cm³/mol. The second-order valence-corrected chi connectivity index (χ2v) is 8.42. The van der Waals surface area contributed by atoms with E-state index in [9.17, 15) is 14.7 Å². The molecule has 4 aromatic rings. The van der Waals surface area contributed by atoms with E-state index in [4.69, 9.17) is 27.6 Å². The number of fused-ring (bicyclic) bond motifs is 2. The highest BCUT2D eigenvalue weighted by Gasteiger charge is 2.36. The van der Waals surface area contributed by atoms with Crippen molar-refractivity contribution in [1.29, 1.82) is 0 Å². The molecular weight excluding hydrogens is 447 g/mol. The van der Waals surface area contributed by atoms with Crippen LogP contribution >= 0.6 is 23.2 Å². The zero-order chi connectivity index (χ0) is 22.4. The fourth-order valence-corrected chi connectivity index (χ4v) is 4.65. The van der Waals surface area contributed by atoms with E-state index in [1.807, 2.05) is 42.5 Å². The molecule has 6 heteroatoms. The average molecular weight is 463 g/mol. The molecule has 1 heterocycles. The van der Waals surface area contributed by atoms with Gasteiger partial charge in [-0.2, -0.15) is 0 Å². The van der Waals surface area contributed by atoms with Crippen LogP contribution in [0, 0.1) is 0 Å². The smallest absolute Gasteiger partial charge is 0.207 e. The number of halogens is 2. The Morgan fingerprint density at radius 3 is 2.38 bits per heavy atom. The molecule has 1 unspecified atom stereocenters. The highest BCUT2D eigenvalue weighted by Crippen LogP contribution is 2.45. The van der Waals surface area contributed by atoms with E-state index in [-0.39, 0.29) is 40.2 Å². The van der Waals surface area contributed by atoms with Crippen molar-refractivity contribution in [2.24, 2.45) is 0 Å². The third-order valence-corrected chi connectivity index (χ3v) is 6.39. The van der Waals surface area contributed by atoms with Crippen molar-refractivity contribution in [1.82, 2.24) is 0 Å². The molecule has 0 aliphatic heterocycles. The third kappa shape index (κ3) is 3.32. The lowest BCUT2D eigenvalue weighted by Crippen LogP contribution is -2.26. The molecule has 1 N–H and O–H groups in total. The minimum Gasteiger partial charge on any atom is -0.507 e. The predicted octanol–water partition coefficient (Wildman–Crippen LogP) is 6.72. The van der Waals surface area contributed by atoms with E-state index in [0.717, 1.165) is 11.1 Å². The van der Waals surface area contributed by atoms with E-state index >= 15 is 0 Å². The van der Waals surface area contributed by atoms with Gasteiger partial charge >= 0.3 is 0 Å². The fraction of sp³-hybridized carbons (Fsp3) is 0.0769. The number of carbonyl (C=O) groups is 1. The number of phenols is 1. The monoisotopic (exact) mass is 462 g/mol. The Hall–Kier alpha value is -3.34. The van der Waals surface area contributed by atoms with Crippen molar-refractivity contribution in [3.63, 3.8) is 0 Å². The van der Waals surface area contributed by atoms with Crippen molar-refractivity contribution < 1.29 is 14.3 Å². The largest absolute Gasteiger partial charge is 0.507 e. The van der Waals surface area contributed by atoms with Crippen LogP contribution in [0.2, 0.25) is 10.0 Å². The first-order valence-corrected chi connectivity index (χ1v) is 10.7. The second-order valence-electron chi connectivity index (χ2n) is 7.61. The van der Waals surface area contributed by atoms with Crippen LogP contribution in [0.25, 0.3) is 22.6 Å². The van der Waals surface area contributed by atoms with Crippen LogP contribution in [0.15, 0.2) is 75.9 Å². The number of ketones is 1. The van der Waals surface area contributed by atoms with Gasteiger partial charge in [0.1, 0.15) is 28.0 Å². The molecule has 32 heavy (non-hydrogen) atoms. The zero-order valence-electron chi connectivity index (χ0n) is 16.6. The van der Waals surface area contributed by atoms with E-state index in [1.54, 1.807) is 24.3 Å². The van der Waals surface area contributed by atoms with Gasteiger partial charge in [0.05, 0.1) is 0 Å². The van der Waals surface area contributed by atoms with Gasteiger partial charge in [-0.05, 0) is 41.5 Å². The van der Waals surface area contributed by atoms with Crippen LogP contribution in [-0.2, 0) is 0 Å². The maximum Gasteiger partial charge on any atom is 0.207 e. The first-order valence-electron chi connectivity index (χ1n) is 9.98. The lowest BCUT2D eigenvalue weighted by Gasteiger charge is -2.27. The Labute approximate surface area is 193 Å². The molecule has 5 rings (SSSR count). The highest BCUT2D eigenvalue weighted by molar-refractivity contribution is 6.32. The summed E-state index contributed by atoms with van der Waals surface area (Å²) >= 11 is 12.9. The normalized spacial score (nSPS) is 17.0. The Morgan fingerprint density at radius 1 is 0.906 bits per heavy atom. The van der Waals surface area contributed by atoms with Gasteiger partial charge in [-0.15, -0.1) is 0 Å². The number of allylic oxidation sites excluding steroid dienone is 1. The number of aromatic hydroxyl groups is 1. The Balaban J connectivity index is 1.86. The van der Waals surface area contributed by atoms with Gasteiger partial charge in [-0.25, -0.2) is 0 Å². The molecule has 0 saturated carbocycles. The fourth-order valence-electron chi connectivity index (χ4n) is 4.20.